The van der Waals surface area contributed by atoms with Gasteiger partial charge in [-0.15, -0.1) is 0 Å². The molecule has 29 heavy (non-hydrogen) atoms. The first-order valence-electron chi connectivity index (χ1n) is 10.0. The van der Waals surface area contributed by atoms with Crippen molar-refractivity contribution >= 4 is 21.4 Å². The third-order valence-corrected chi connectivity index (χ3v) is 7.24. The maximum Gasteiger partial charge on any atom is 0.238 e. The highest BCUT2D eigenvalue weighted by molar-refractivity contribution is 7.91. The maximum absolute atomic E-state index is 12.4. The van der Waals surface area contributed by atoms with Crippen LogP contribution in [0.1, 0.15) is 41.9 Å². The molecule has 0 spiro atoms. The van der Waals surface area contributed by atoms with Crippen LogP contribution in [0.5, 0.6) is 0 Å². The Balaban J connectivity index is 1.63. The van der Waals surface area contributed by atoms with Crippen LogP contribution in [0.4, 0.5) is 5.69 Å². The summed E-state index contributed by atoms with van der Waals surface area (Å²) < 4.78 is 25.5. The van der Waals surface area contributed by atoms with Crippen LogP contribution in [0.15, 0.2) is 24.3 Å². The fourth-order valence-electron chi connectivity index (χ4n) is 3.89. The Kier molecular flexibility index (Phi) is 6.43. The lowest BCUT2D eigenvalue weighted by Crippen LogP contribution is -2.30. The third kappa shape index (κ3) is 5.25. The fraction of sp³-hybridized carbons (Fsp3) is 0.524. The summed E-state index contributed by atoms with van der Waals surface area (Å²) in [5.74, 6) is 0.319. The number of nitrogens with zero attached hydrogens (tertiary/aromatic N) is 3. The molecule has 0 radical (unpaired) electrons. The van der Waals surface area contributed by atoms with Gasteiger partial charge in [0, 0.05) is 23.5 Å². The minimum absolute atomic E-state index is 0.0645. The molecule has 1 atom stereocenters. The molecule has 1 aromatic carbocycles. The summed E-state index contributed by atoms with van der Waals surface area (Å²) in [4.78, 5) is 14.4. The molecule has 0 unspecified atom stereocenters. The third-order valence-electron chi connectivity index (χ3n) is 5.49. The maximum atomic E-state index is 12.4. The van der Waals surface area contributed by atoms with Crippen molar-refractivity contribution in [1.29, 1.82) is 0 Å². The van der Waals surface area contributed by atoms with E-state index in [1.54, 1.807) is 0 Å². The number of anilines is 1. The zero-order valence-corrected chi connectivity index (χ0v) is 18.4. The first-order valence-corrected chi connectivity index (χ1v) is 11.8. The van der Waals surface area contributed by atoms with E-state index in [4.69, 9.17) is 0 Å². The average Bonchev–Trinajstić information content (AvgIpc) is 3.15. The molecule has 1 aromatic heterocycles. The van der Waals surface area contributed by atoms with E-state index in [2.05, 4.69) is 17.3 Å². The van der Waals surface area contributed by atoms with Crippen LogP contribution < -0.4 is 5.32 Å². The number of aromatic nitrogens is 2. The number of benzene rings is 1. The second-order valence-corrected chi connectivity index (χ2v) is 10.2. The highest BCUT2D eigenvalue weighted by Crippen LogP contribution is 2.27. The minimum Gasteiger partial charge on any atom is -0.325 e. The molecule has 3 rings (SSSR count). The van der Waals surface area contributed by atoms with E-state index in [9.17, 15) is 13.2 Å². The first kappa shape index (κ1) is 21.5. The molecule has 158 valence electrons. The summed E-state index contributed by atoms with van der Waals surface area (Å²) in [7, 11) is -1.06. The van der Waals surface area contributed by atoms with E-state index in [1.165, 1.54) is 5.56 Å². The summed E-state index contributed by atoms with van der Waals surface area (Å²) in [5, 5.41) is 7.56. The zero-order chi connectivity index (χ0) is 21.2. The predicted octanol–water partition coefficient (Wildman–Crippen LogP) is 2.49. The van der Waals surface area contributed by atoms with Gasteiger partial charge in [-0.3, -0.25) is 14.4 Å². The first-order chi connectivity index (χ1) is 13.7. The second kappa shape index (κ2) is 8.67. The van der Waals surface area contributed by atoms with Crippen LogP contribution in [-0.4, -0.2) is 54.1 Å². The second-order valence-electron chi connectivity index (χ2n) is 7.93. The van der Waals surface area contributed by atoms with Crippen LogP contribution in [0.25, 0.3) is 0 Å². The van der Waals surface area contributed by atoms with E-state index in [1.807, 2.05) is 54.7 Å². The van der Waals surface area contributed by atoms with Crippen molar-refractivity contribution in [3.8, 4) is 0 Å². The van der Waals surface area contributed by atoms with Crippen LogP contribution in [-0.2, 0) is 27.6 Å². The molecule has 0 bridgehead atoms. The van der Waals surface area contributed by atoms with Crippen molar-refractivity contribution in [1.82, 2.24) is 14.7 Å². The predicted molar refractivity (Wildman–Crippen MR) is 115 cm³/mol. The Morgan fingerprint density at radius 1 is 1.34 bits per heavy atom. The normalized spacial score (nSPS) is 18.3. The van der Waals surface area contributed by atoms with Crippen molar-refractivity contribution in [2.24, 2.45) is 0 Å². The van der Waals surface area contributed by atoms with Crippen LogP contribution in [0.3, 0.4) is 0 Å². The topological polar surface area (TPSA) is 84.3 Å². The number of sulfone groups is 1. The number of hydrogen-bond acceptors (Lipinski definition) is 5. The number of rotatable bonds is 7. The summed E-state index contributed by atoms with van der Waals surface area (Å²) in [6.45, 7) is 6.84. The molecule has 1 N–H and O–H groups in total. The van der Waals surface area contributed by atoms with Crippen molar-refractivity contribution in [3.63, 3.8) is 0 Å². The number of carbonyl (C=O) groups is 1. The quantitative estimate of drug-likeness (QED) is 0.747. The van der Waals surface area contributed by atoms with E-state index in [-0.39, 0.29) is 30.0 Å². The molecule has 1 saturated heterocycles. The van der Waals surface area contributed by atoms with Gasteiger partial charge in [-0.2, -0.15) is 5.10 Å². The van der Waals surface area contributed by atoms with Crippen molar-refractivity contribution in [3.05, 3.63) is 46.8 Å². The Morgan fingerprint density at radius 2 is 2.10 bits per heavy atom. The molecule has 1 aliphatic heterocycles. The summed E-state index contributed by atoms with van der Waals surface area (Å²) in [5.41, 5.74) is 4.91. The SMILES string of the molecule is CCc1cccc(NC(=O)CN(C)Cc2c(C)nn([C@H]3CCS(=O)(=O)C3)c2C)c1. The Labute approximate surface area is 173 Å². The Hall–Kier alpha value is -2.19. The summed E-state index contributed by atoms with van der Waals surface area (Å²) in [6, 6.07) is 7.78. The number of nitrogens with one attached hydrogen (secondary N) is 1. The van der Waals surface area contributed by atoms with Crippen molar-refractivity contribution < 1.29 is 13.2 Å². The molecule has 1 aliphatic rings. The number of amides is 1. The van der Waals surface area contributed by atoms with Gasteiger partial charge in [-0.05, 0) is 51.4 Å². The van der Waals surface area contributed by atoms with Gasteiger partial charge in [0.2, 0.25) is 5.91 Å². The Morgan fingerprint density at radius 3 is 2.76 bits per heavy atom. The molecule has 1 amide bonds. The molecule has 2 heterocycles. The van der Waals surface area contributed by atoms with Crippen molar-refractivity contribution in [2.45, 2.75) is 46.2 Å². The summed E-state index contributed by atoms with van der Waals surface area (Å²) in [6.07, 6.45) is 1.53. The molecule has 0 aliphatic carbocycles. The van der Waals surface area contributed by atoms with Crippen LogP contribution in [0, 0.1) is 13.8 Å². The molecule has 0 saturated carbocycles. The van der Waals surface area contributed by atoms with Crippen molar-refractivity contribution in [2.75, 3.05) is 30.4 Å². The monoisotopic (exact) mass is 418 g/mol. The van der Waals surface area contributed by atoms with E-state index in [0.29, 0.717) is 13.0 Å². The number of carbonyl (C=O) groups excluding carboxylic acids is 1. The lowest BCUT2D eigenvalue weighted by atomic mass is 10.1. The van der Waals surface area contributed by atoms with Crippen LogP contribution in [0.2, 0.25) is 0 Å². The number of likely N-dealkylation sites (N-methyl/N-ethyl adjacent to an activating group) is 1. The minimum atomic E-state index is -2.96. The van der Waals surface area contributed by atoms with Gasteiger partial charge in [0.15, 0.2) is 9.84 Å². The van der Waals surface area contributed by atoms with Gasteiger partial charge < -0.3 is 5.32 Å². The van der Waals surface area contributed by atoms with Gasteiger partial charge in [0.1, 0.15) is 0 Å². The molecular weight excluding hydrogens is 388 g/mol. The van der Waals surface area contributed by atoms with Crippen LogP contribution >= 0.6 is 0 Å². The lowest BCUT2D eigenvalue weighted by molar-refractivity contribution is -0.117. The highest BCUT2D eigenvalue weighted by atomic mass is 32.2. The molecule has 7 nitrogen and oxygen atoms in total. The van der Waals surface area contributed by atoms with E-state index in [0.717, 1.165) is 29.1 Å². The smallest absolute Gasteiger partial charge is 0.238 e. The molecule has 8 heteroatoms. The van der Waals surface area contributed by atoms with E-state index < -0.39 is 9.84 Å². The van der Waals surface area contributed by atoms with Gasteiger partial charge >= 0.3 is 0 Å². The van der Waals surface area contributed by atoms with E-state index >= 15 is 0 Å². The number of hydrogen-bond donors (Lipinski definition) is 1. The molecule has 2 aromatic rings. The zero-order valence-electron chi connectivity index (χ0n) is 17.6. The largest absolute Gasteiger partial charge is 0.325 e. The van der Waals surface area contributed by atoms with Gasteiger partial charge in [0.25, 0.3) is 0 Å². The fourth-order valence-corrected chi connectivity index (χ4v) is 5.58. The number of aryl methyl sites for hydroxylation is 2. The summed E-state index contributed by atoms with van der Waals surface area (Å²) >= 11 is 0. The Bertz CT molecular complexity index is 997. The highest BCUT2D eigenvalue weighted by Gasteiger charge is 2.31. The average molecular weight is 419 g/mol. The van der Waals surface area contributed by atoms with Gasteiger partial charge in [-0.25, -0.2) is 8.42 Å². The standard InChI is InChI=1S/C21H30N4O3S/c1-5-17-7-6-8-18(11-17)22-21(26)13-24(4)12-20-15(2)23-25(16(20)3)19-9-10-29(27,28)14-19/h6-8,11,19H,5,9-10,12-14H2,1-4H3,(H,22,26)/t19-/m0/s1. The molecular formula is C21H30N4O3S. The lowest BCUT2D eigenvalue weighted by Gasteiger charge is -2.17. The van der Waals surface area contributed by atoms with Gasteiger partial charge in [-0.1, -0.05) is 19.1 Å². The molecule has 1 fully saturated rings. The van der Waals surface area contributed by atoms with Gasteiger partial charge in [0.05, 0.1) is 29.8 Å².